The molecule has 23 heavy (non-hydrogen) atoms. The lowest BCUT2D eigenvalue weighted by atomic mass is 9.90. The monoisotopic (exact) mass is 307 g/mol. The highest BCUT2D eigenvalue weighted by Gasteiger charge is 2.16. The highest BCUT2D eigenvalue weighted by molar-refractivity contribution is 5.94. The summed E-state index contributed by atoms with van der Waals surface area (Å²) >= 11 is 0. The topological polar surface area (TPSA) is 29.1 Å². The van der Waals surface area contributed by atoms with Crippen LogP contribution < -0.4 is 5.32 Å². The number of amides is 1. The zero-order valence-corrected chi connectivity index (χ0v) is 14.3. The summed E-state index contributed by atoms with van der Waals surface area (Å²) in [4.78, 5) is 12.6. The van der Waals surface area contributed by atoms with E-state index in [-0.39, 0.29) is 11.9 Å². The van der Waals surface area contributed by atoms with E-state index >= 15 is 0 Å². The van der Waals surface area contributed by atoms with Gasteiger partial charge in [-0.1, -0.05) is 29.8 Å². The number of aryl methyl sites for hydroxylation is 4. The first-order valence-corrected chi connectivity index (χ1v) is 8.54. The first-order chi connectivity index (χ1) is 11.0. The Hall–Kier alpha value is -2.09. The highest BCUT2D eigenvalue weighted by atomic mass is 16.1. The summed E-state index contributed by atoms with van der Waals surface area (Å²) in [5, 5.41) is 3.15. The maximum Gasteiger partial charge on any atom is 0.251 e. The molecule has 2 aromatic carbocycles. The molecule has 1 amide bonds. The summed E-state index contributed by atoms with van der Waals surface area (Å²) < 4.78 is 0. The van der Waals surface area contributed by atoms with Crippen LogP contribution in [0.3, 0.4) is 0 Å². The van der Waals surface area contributed by atoms with Gasteiger partial charge in [-0.3, -0.25) is 4.79 Å². The van der Waals surface area contributed by atoms with Crippen LogP contribution in [0.1, 0.15) is 64.0 Å². The van der Waals surface area contributed by atoms with Crippen LogP contribution in [0.4, 0.5) is 0 Å². The van der Waals surface area contributed by atoms with Crippen LogP contribution >= 0.6 is 0 Å². The lowest BCUT2D eigenvalue weighted by molar-refractivity contribution is 0.0939. The average Bonchev–Trinajstić information content (AvgIpc) is 2.56. The minimum atomic E-state index is 0.0124. The number of rotatable bonds is 3. The molecule has 0 bridgehead atoms. The molecule has 0 heterocycles. The number of fused-ring (bicyclic) bond motifs is 1. The maximum atomic E-state index is 12.6. The fraction of sp³-hybridized carbons (Fsp3) is 0.381. The van der Waals surface area contributed by atoms with Crippen molar-refractivity contribution in [2.24, 2.45) is 0 Å². The van der Waals surface area contributed by atoms with Crippen LogP contribution in [0.15, 0.2) is 36.4 Å². The number of hydrogen-bond donors (Lipinski definition) is 1. The Bertz CT molecular complexity index is 733. The molecule has 2 nitrogen and oxygen atoms in total. The number of hydrogen-bond acceptors (Lipinski definition) is 1. The molecular formula is C21H25NO. The second kappa shape index (κ2) is 6.57. The molecule has 0 radical (unpaired) electrons. The van der Waals surface area contributed by atoms with E-state index in [0.29, 0.717) is 0 Å². The number of nitrogens with one attached hydrogen (secondary N) is 1. The number of carbonyl (C=O) groups is 1. The Morgan fingerprint density at radius 1 is 1.00 bits per heavy atom. The minimum absolute atomic E-state index is 0.0124. The van der Waals surface area contributed by atoms with E-state index in [9.17, 15) is 4.79 Å². The Balaban J connectivity index is 1.77. The Kier molecular flexibility index (Phi) is 4.51. The van der Waals surface area contributed by atoms with Crippen LogP contribution in [0.25, 0.3) is 0 Å². The van der Waals surface area contributed by atoms with Crippen molar-refractivity contribution in [2.45, 2.75) is 52.5 Å². The number of benzene rings is 2. The standard InChI is InChI=1S/C21H25NO/c1-14-8-9-15(2)20(12-14)16(3)22-21(23)19-11-10-17-6-4-5-7-18(17)13-19/h8-13,16H,4-7H2,1-3H3,(H,22,23)/t16-/m1/s1. The second-order valence-electron chi connectivity index (χ2n) is 6.75. The Labute approximate surface area is 138 Å². The molecule has 0 saturated heterocycles. The summed E-state index contributed by atoms with van der Waals surface area (Å²) in [6, 6.07) is 12.6. The van der Waals surface area contributed by atoms with Crippen LogP contribution in [0.2, 0.25) is 0 Å². The molecule has 1 N–H and O–H groups in total. The van der Waals surface area contributed by atoms with Crippen molar-refractivity contribution in [3.8, 4) is 0 Å². The van der Waals surface area contributed by atoms with Gasteiger partial charge in [-0.25, -0.2) is 0 Å². The molecular weight excluding hydrogens is 282 g/mol. The molecule has 3 rings (SSSR count). The smallest absolute Gasteiger partial charge is 0.251 e. The lowest BCUT2D eigenvalue weighted by Crippen LogP contribution is -2.27. The normalized spacial score (nSPS) is 14.9. The third kappa shape index (κ3) is 3.47. The largest absolute Gasteiger partial charge is 0.346 e. The van der Waals surface area contributed by atoms with Gasteiger partial charge in [0.05, 0.1) is 6.04 Å². The first kappa shape index (κ1) is 15.8. The SMILES string of the molecule is Cc1ccc(C)c([C@@H](C)NC(=O)c2ccc3c(c2)CCCC3)c1. The van der Waals surface area contributed by atoms with E-state index in [1.54, 1.807) is 0 Å². The summed E-state index contributed by atoms with van der Waals surface area (Å²) in [5.74, 6) is 0.0202. The van der Waals surface area contributed by atoms with Gasteiger partial charge in [-0.15, -0.1) is 0 Å². The zero-order valence-electron chi connectivity index (χ0n) is 14.3. The lowest BCUT2D eigenvalue weighted by Gasteiger charge is -2.19. The van der Waals surface area contributed by atoms with Gasteiger partial charge in [0.2, 0.25) is 0 Å². The van der Waals surface area contributed by atoms with E-state index in [4.69, 9.17) is 0 Å². The van der Waals surface area contributed by atoms with Crippen molar-refractivity contribution >= 4 is 5.91 Å². The van der Waals surface area contributed by atoms with Gasteiger partial charge < -0.3 is 5.32 Å². The molecule has 120 valence electrons. The maximum absolute atomic E-state index is 12.6. The molecule has 0 spiro atoms. The predicted molar refractivity (Wildman–Crippen MR) is 94.9 cm³/mol. The molecule has 1 aliphatic carbocycles. The molecule has 1 atom stereocenters. The average molecular weight is 307 g/mol. The highest BCUT2D eigenvalue weighted by Crippen LogP contribution is 2.23. The number of carbonyl (C=O) groups excluding carboxylic acids is 1. The molecule has 0 aromatic heterocycles. The Morgan fingerprint density at radius 3 is 2.52 bits per heavy atom. The Morgan fingerprint density at radius 2 is 1.74 bits per heavy atom. The van der Waals surface area contributed by atoms with Gasteiger partial charge >= 0.3 is 0 Å². The predicted octanol–water partition coefficient (Wildman–Crippen LogP) is 4.67. The van der Waals surface area contributed by atoms with Crippen molar-refractivity contribution in [3.63, 3.8) is 0 Å². The molecule has 0 unspecified atom stereocenters. The zero-order chi connectivity index (χ0) is 16.4. The van der Waals surface area contributed by atoms with Gasteiger partial charge in [-0.2, -0.15) is 0 Å². The van der Waals surface area contributed by atoms with Gasteiger partial charge in [0.1, 0.15) is 0 Å². The van der Waals surface area contributed by atoms with E-state index < -0.39 is 0 Å². The van der Waals surface area contributed by atoms with Gasteiger partial charge in [0, 0.05) is 5.56 Å². The molecule has 2 heteroatoms. The van der Waals surface area contributed by atoms with Crippen LogP contribution in [-0.2, 0) is 12.8 Å². The first-order valence-electron chi connectivity index (χ1n) is 8.54. The summed E-state index contributed by atoms with van der Waals surface area (Å²) in [7, 11) is 0. The van der Waals surface area contributed by atoms with E-state index in [0.717, 1.165) is 18.4 Å². The van der Waals surface area contributed by atoms with E-state index in [1.165, 1.54) is 40.7 Å². The van der Waals surface area contributed by atoms with Crippen LogP contribution in [0, 0.1) is 13.8 Å². The van der Waals surface area contributed by atoms with Gasteiger partial charge in [0.25, 0.3) is 5.91 Å². The fourth-order valence-corrected chi connectivity index (χ4v) is 3.46. The van der Waals surface area contributed by atoms with Crippen LogP contribution in [-0.4, -0.2) is 5.91 Å². The van der Waals surface area contributed by atoms with Crippen molar-refractivity contribution in [1.82, 2.24) is 5.32 Å². The summed E-state index contributed by atoms with van der Waals surface area (Å²) in [6.07, 6.45) is 4.75. The molecule has 0 fully saturated rings. The van der Waals surface area contributed by atoms with Crippen molar-refractivity contribution < 1.29 is 4.79 Å². The van der Waals surface area contributed by atoms with Gasteiger partial charge in [-0.05, 0) is 80.8 Å². The minimum Gasteiger partial charge on any atom is -0.346 e. The summed E-state index contributed by atoms with van der Waals surface area (Å²) in [5.41, 5.74) is 7.17. The third-order valence-corrected chi connectivity index (χ3v) is 4.86. The van der Waals surface area contributed by atoms with Crippen LogP contribution in [0.5, 0.6) is 0 Å². The van der Waals surface area contributed by atoms with Gasteiger partial charge in [0.15, 0.2) is 0 Å². The molecule has 0 aliphatic heterocycles. The van der Waals surface area contributed by atoms with Crippen molar-refractivity contribution in [2.75, 3.05) is 0 Å². The molecule has 1 aliphatic rings. The third-order valence-electron chi connectivity index (χ3n) is 4.86. The second-order valence-corrected chi connectivity index (χ2v) is 6.75. The fourth-order valence-electron chi connectivity index (χ4n) is 3.46. The quantitative estimate of drug-likeness (QED) is 0.877. The molecule has 0 saturated carbocycles. The van der Waals surface area contributed by atoms with Crippen molar-refractivity contribution in [1.29, 1.82) is 0 Å². The molecule has 2 aromatic rings. The van der Waals surface area contributed by atoms with Crippen molar-refractivity contribution in [3.05, 3.63) is 69.8 Å². The van der Waals surface area contributed by atoms with E-state index in [2.05, 4.69) is 56.4 Å². The van der Waals surface area contributed by atoms with E-state index in [1.807, 2.05) is 6.07 Å². The summed E-state index contributed by atoms with van der Waals surface area (Å²) in [6.45, 7) is 6.23.